The molecule has 2 amide bonds. The molecule has 0 bridgehead atoms. The molecule has 0 spiro atoms. The maximum Gasteiger partial charge on any atom is 0.303 e. The van der Waals surface area contributed by atoms with E-state index in [4.69, 9.17) is 26.0 Å². The van der Waals surface area contributed by atoms with Crippen LogP contribution in [0.1, 0.15) is 45.4 Å². The number of carbonyl (C=O) groups is 3. The molecule has 0 aliphatic carbocycles. The minimum absolute atomic E-state index is 0.0685. The van der Waals surface area contributed by atoms with Crippen LogP contribution in [0.5, 0.6) is 0 Å². The van der Waals surface area contributed by atoms with Crippen molar-refractivity contribution < 1.29 is 44.3 Å². The Kier molecular flexibility index (Phi) is 13.4. The van der Waals surface area contributed by atoms with Crippen molar-refractivity contribution >= 4 is 17.8 Å². The van der Waals surface area contributed by atoms with Gasteiger partial charge in [-0.15, -0.1) is 0 Å². The number of hydrogen-bond acceptors (Lipinski definition) is 10. The molecule has 0 aromatic heterocycles. The average molecular weight is 479 g/mol. The molecular weight excluding hydrogens is 440 g/mol. The SMILES string of the molecule is C[C@@H]1O[C@H](OCCCCCCNC(=O)[C@H](CCC(=O)O)NC(=O)[C@@H](N)CN)[C@@H](O)[C@H](O)[C@@H]1O. The number of rotatable bonds is 15. The molecule has 0 saturated carbocycles. The number of amides is 2. The summed E-state index contributed by atoms with van der Waals surface area (Å²) in [5.41, 5.74) is 10.9. The lowest BCUT2D eigenvalue weighted by Gasteiger charge is -2.38. The molecule has 192 valence electrons. The fourth-order valence-electron chi connectivity index (χ4n) is 3.19. The van der Waals surface area contributed by atoms with Gasteiger partial charge < -0.3 is 52.0 Å². The van der Waals surface area contributed by atoms with Crippen LogP contribution in [-0.4, -0.2) is 101 Å². The van der Waals surface area contributed by atoms with Crippen molar-refractivity contribution in [2.24, 2.45) is 11.5 Å². The van der Waals surface area contributed by atoms with E-state index >= 15 is 0 Å². The fraction of sp³-hybridized carbons (Fsp3) is 0.850. The monoisotopic (exact) mass is 478 g/mol. The predicted octanol–water partition coefficient (Wildman–Crippen LogP) is -2.86. The topological polar surface area (TPSA) is 227 Å². The summed E-state index contributed by atoms with van der Waals surface area (Å²) in [7, 11) is 0. The maximum atomic E-state index is 12.3. The van der Waals surface area contributed by atoms with Gasteiger partial charge in [-0.05, 0) is 26.2 Å². The number of carboxylic acids is 1. The number of hydrogen-bond donors (Lipinski definition) is 8. The lowest BCUT2D eigenvalue weighted by atomic mass is 10.0. The summed E-state index contributed by atoms with van der Waals surface area (Å²) in [6, 6.07) is -2.00. The third-order valence-electron chi connectivity index (χ3n) is 5.33. The van der Waals surface area contributed by atoms with Crippen LogP contribution in [-0.2, 0) is 23.9 Å². The highest BCUT2D eigenvalue weighted by Gasteiger charge is 2.42. The number of carbonyl (C=O) groups excluding carboxylic acids is 2. The Labute approximate surface area is 192 Å². The van der Waals surface area contributed by atoms with Crippen LogP contribution in [0.2, 0.25) is 0 Å². The Morgan fingerprint density at radius 2 is 1.70 bits per heavy atom. The molecule has 0 radical (unpaired) electrons. The van der Waals surface area contributed by atoms with Crippen molar-refractivity contribution in [2.45, 2.75) is 88.2 Å². The van der Waals surface area contributed by atoms with Crippen LogP contribution in [0.15, 0.2) is 0 Å². The van der Waals surface area contributed by atoms with Crippen LogP contribution < -0.4 is 22.1 Å². The average Bonchev–Trinajstić information content (AvgIpc) is 2.78. The fourth-order valence-corrected chi connectivity index (χ4v) is 3.19. The summed E-state index contributed by atoms with van der Waals surface area (Å²) in [6.07, 6.45) is -3.04. The van der Waals surface area contributed by atoms with Crippen LogP contribution in [0, 0.1) is 0 Å². The molecule has 13 heteroatoms. The minimum atomic E-state index is -1.34. The number of nitrogens with one attached hydrogen (secondary N) is 2. The molecule has 1 aliphatic heterocycles. The highest BCUT2D eigenvalue weighted by atomic mass is 16.7. The number of ether oxygens (including phenoxy) is 2. The lowest BCUT2D eigenvalue weighted by Crippen LogP contribution is -2.57. The highest BCUT2D eigenvalue weighted by Crippen LogP contribution is 2.22. The van der Waals surface area contributed by atoms with Gasteiger partial charge in [0.25, 0.3) is 0 Å². The smallest absolute Gasteiger partial charge is 0.303 e. The second-order valence-electron chi connectivity index (χ2n) is 8.09. The van der Waals surface area contributed by atoms with E-state index in [2.05, 4.69) is 10.6 Å². The Balaban J connectivity index is 2.25. The van der Waals surface area contributed by atoms with Crippen LogP contribution in [0.4, 0.5) is 0 Å². The van der Waals surface area contributed by atoms with Gasteiger partial charge in [-0.2, -0.15) is 0 Å². The molecule has 1 saturated heterocycles. The molecule has 0 aromatic rings. The van der Waals surface area contributed by atoms with Crippen molar-refractivity contribution in [3.05, 3.63) is 0 Å². The van der Waals surface area contributed by atoms with Crippen LogP contribution in [0.3, 0.4) is 0 Å². The Hall–Kier alpha value is -1.87. The second-order valence-corrected chi connectivity index (χ2v) is 8.09. The zero-order valence-corrected chi connectivity index (χ0v) is 18.9. The first kappa shape index (κ1) is 29.2. The second kappa shape index (κ2) is 15.1. The normalized spacial score (nSPS) is 26.9. The van der Waals surface area contributed by atoms with Crippen molar-refractivity contribution in [2.75, 3.05) is 19.7 Å². The molecule has 1 heterocycles. The lowest BCUT2D eigenvalue weighted by molar-refractivity contribution is -0.293. The maximum absolute atomic E-state index is 12.3. The molecule has 0 aromatic carbocycles. The number of carboxylic acid groups (broad SMARTS) is 1. The van der Waals surface area contributed by atoms with Gasteiger partial charge in [0.05, 0.1) is 12.1 Å². The van der Waals surface area contributed by atoms with E-state index in [1.54, 1.807) is 6.92 Å². The summed E-state index contributed by atoms with van der Waals surface area (Å²) in [5.74, 6) is -2.19. The Bertz CT molecular complexity index is 624. The van der Waals surface area contributed by atoms with Crippen LogP contribution in [0.25, 0.3) is 0 Å². The zero-order chi connectivity index (χ0) is 25.0. The van der Waals surface area contributed by atoms with Gasteiger partial charge in [0.15, 0.2) is 6.29 Å². The number of aliphatic carboxylic acids is 1. The third-order valence-corrected chi connectivity index (χ3v) is 5.33. The molecule has 7 atom stereocenters. The molecule has 0 unspecified atom stereocenters. The van der Waals surface area contributed by atoms with Gasteiger partial charge in [0.2, 0.25) is 11.8 Å². The van der Waals surface area contributed by atoms with E-state index in [0.29, 0.717) is 19.4 Å². The van der Waals surface area contributed by atoms with E-state index in [1.165, 1.54) is 0 Å². The van der Waals surface area contributed by atoms with Gasteiger partial charge in [0.1, 0.15) is 24.4 Å². The van der Waals surface area contributed by atoms with E-state index in [1.807, 2.05) is 0 Å². The Morgan fingerprint density at radius 1 is 1.03 bits per heavy atom. The zero-order valence-electron chi connectivity index (χ0n) is 18.9. The van der Waals surface area contributed by atoms with E-state index < -0.39 is 60.6 Å². The largest absolute Gasteiger partial charge is 0.481 e. The first-order valence-electron chi connectivity index (χ1n) is 11.1. The number of nitrogens with two attached hydrogens (primary N) is 2. The first-order valence-corrected chi connectivity index (χ1v) is 11.1. The third kappa shape index (κ3) is 10.3. The van der Waals surface area contributed by atoms with Crippen molar-refractivity contribution in [1.29, 1.82) is 0 Å². The van der Waals surface area contributed by atoms with Crippen molar-refractivity contribution in [1.82, 2.24) is 10.6 Å². The highest BCUT2D eigenvalue weighted by molar-refractivity contribution is 5.90. The molecule has 1 rings (SSSR count). The first-order chi connectivity index (χ1) is 15.6. The molecule has 1 fully saturated rings. The van der Waals surface area contributed by atoms with Gasteiger partial charge in [0, 0.05) is 26.1 Å². The van der Waals surface area contributed by atoms with Crippen LogP contribution >= 0.6 is 0 Å². The molecule has 13 nitrogen and oxygen atoms in total. The molecular formula is C20H38N4O9. The van der Waals surface area contributed by atoms with Crippen molar-refractivity contribution in [3.8, 4) is 0 Å². The molecule has 10 N–H and O–H groups in total. The summed E-state index contributed by atoms with van der Waals surface area (Å²) < 4.78 is 10.8. The standard InChI is InChI=1S/C20H38N4O9/c1-11-15(27)16(28)17(29)20(33-11)32-9-5-3-2-4-8-23-19(31)13(6-7-14(25)26)24-18(30)12(22)10-21/h11-13,15-17,20,27-29H,2-10,21-22H2,1H3,(H,23,31)(H,24,30)(H,25,26)/t11-,12-,13-,15+,16+,17-,20-/m0/s1. The quantitative estimate of drug-likeness (QED) is 0.112. The van der Waals surface area contributed by atoms with Gasteiger partial charge >= 0.3 is 5.97 Å². The summed E-state index contributed by atoms with van der Waals surface area (Å²) in [6.45, 7) is 2.10. The molecule has 33 heavy (non-hydrogen) atoms. The van der Waals surface area contributed by atoms with E-state index in [9.17, 15) is 29.7 Å². The van der Waals surface area contributed by atoms with Gasteiger partial charge in [-0.3, -0.25) is 14.4 Å². The number of unbranched alkanes of at least 4 members (excludes halogenated alkanes) is 3. The van der Waals surface area contributed by atoms with Crippen molar-refractivity contribution in [3.63, 3.8) is 0 Å². The molecule has 1 aliphatic rings. The van der Waals surface area contributed by atoms with Gasteiger partial charge in [-0.25, -0.2) is 0 Å². The number of aliphatic hydroxyl groups excluding tert-OH is 3. The summed E-state index contributed by atoms with van der Waals surface area (Å²) in [4.78, 5) is 35.0. The summed E-state index contributed by atoms with van der Waals surface area (Å²) >= 11 is 0. The van der Waals surface area contributed by atoms with E-state index in [-0.39, 0.29) is 26.0 Å². The number of aliphatic hydroxyl groups is 3. The predicted molar refractivity (Wildman–Crippen MR) is 116 cm³/mol. The Morgan fingerprint density at radius 3 is 2.33 bits per heavy atom. The minimum Gasteiger partial charge on any atom is -0.481 e. The van der Waals surface area contributed by atoms with Gasteiger partial charge in [-0.1, -0.05) is 12.8 Å². The van der Waals surface area contributed by atoms with E-state index in [0.717, 1.165) is 12.8 Å². The summed E-state index contributed by atoms with van der Waals surface area (Å²) in [5, 5.41) is 43.3.